The average molecular weight is 332 g/mol. The average Bonchev–Trinajstić information content (AvgIpc) is 2.75. The van der Waals surface area contributed by atoms with E-state index < -0.39 is 5.91 Å². The number of benzene rings is 1. The quantitative estimate of drug-likeness (QED) is 0.809. The molecule has 1 heterocycles. The van der Waals surface area contributed by atoms with E-state index in [2.05, 4.69) is 15.9 Å². The number of halogens is 1. The van der Waals surface area contributed by atoms with Crippen molar-refractivity contribution in [3.63, 3.8) is 0 Å². The number of rotatable bonds is 3. The molecule has 1 aromatic carbocycles. The highest BCUT2D eigenvalue weighted by Crippen LogP contribution is 2.28. The number of aryl methyl sites for hydroxylation is 1. The van der Waals surface area contributed by atoms with Crippen LogP contribution in [0.25, 0.3) is 11.0 Å². The Bertz CT molecular complexity index is 736. The lowest BCUT2D eigenvalue weighted by atomic mass is 10.1. The maximum atomic E-state index is 12.3. The molecule has 1 aromatic heterocycles. The van der Waals surface area contributed by atoms with Crippen LogP contribution in [0.2, 0.25) is 0 Å². The van der Waals surface area contributed by atoms with Crippen molar-refractivity contribution in [1.29, 1.82) is 10.5 Å². The molecule has 6 heteroatoms. The van der Waals surface area contributed by atoms with Crippen molar-refractivity contribution in [2.45, 2.75) is 6.92 Å². The van der Waals surface area contributed by atoms with Crippen molar-refractivity contribution in [3.05, 3.63) is 34.0 Å². The minimum absolute atomic E-state index is 0.146. The molecule has 5 nitrogen and oxygen atoms in total. The summed E-state index contributed by atoms with van der Waals surface area (Å²) in [6, 6.07) is 9.19. The van der Waals surface area contributed by atoms with Crippen molar-refractivity contribution in [3.8, 4) is 12.1 Å². The predicted molar refractivity (Wildman–Crippen MR) is 75.8 cm³/mol. The van der Waals surface area contributed by atoms with Crippen LogP contribution in [0.3, 0.4) is 0 Å². The molecule has 0 fully saturated rings. The summed E-state index contributed by atoms with van der Waals surface area (Å²) in [5, 5.41) is 18.3. The second-order valence-electron chi connectivity index (χ2n) is 4.17. The standard InChI is InChI=1S/C14H10BrN3O2/c1-9-11-8-10(15)2-3-12(11)20-13(9)14(19)18(6-4-16)7-5-17/h2-3,8H,6-7H2,1H3. The first-order valence-corrected chi connectivity index (χ1v) is 6.59. The summed E-state index contributed by atoms with van der Waals surface area (Å²) < 4.78 is 6.45. The number of hydrogen-bond donors (Lipinski definition) is 0. The topological polar surface area (TPSA) is 81.0 Å². The van der Waals surface area contributed by atoms with Gasteiger partial charge in [0.2, 0.25) is 0 Å². The summed E-state index contributed by atoms with van der Waals surface area (Å²) in [7, 11) is 0. The molecule has 0 unspecified atom stereocenters. The van der Waals surface area contributed by atoms with Crippen LogP contribution in [-0.4, -0.2) is 23.9 Å². The molecule has 0 aliphatic carbocycles. The summed E-state index contributed by atoms with van der Waals surface area (Å²) >= 11 is 3.37. The number of nitriles is 2. The number of furan rings is 1. The van der Waals surface area contributed by atoms with E-state index in [0.29, 0.717) is 11.1 Å². The van der Waals surface area contributed by atoms with E-state index in [1.54, 1.807) is 13.0 Å². The van der Waals surface area contributed by atoms with Gasteiger partial charge in [0.25, 0.3) is 5.91 Å². The SMILES string of the molecule is Cc1c(C(=O)N(CC#N)CC#N)oc2ccc(Br)cc12. The van der Waals surface area contributed by atoms with Crippen molar-refractivity contribution in [2.24, 2.45) is 0 Å². The molecule has 0 bridgehead atoms. The number of carbonyl (C=O) groups excluding carboxylic acids is 1. The Balaban J connectivity index is 2.47. The maximum Gasteiger partial charge on any atom is 0.291 e. The van der Waals surface area contributed by atoms with E-state index in [0.717, 1.165) is 14.8 Å². The first-order chi connectivity index (χ1) is 9.58. The van der Waals surface area contributed by atoms with E-state index in [1.165, 1.54) is 0 Å². The molecular formula is C14H10BrN3O2. The van der Waals surface area contributed by atoms with E-state index in [-0.39, 0.29) is 18.8 Å². The molecule has 1 amide bonds. The molecule has 0 aliphatic heterocycles. The first-order valence-electron chi connectivity index (χ1n) is 5.80. The summed E-state index contributed by atoms with van der Waals surface area (Å²) in [5.74, 6) is -0.276. The minimum atomic E-state index is -0.446. The summed E-state index contributed by atoms with van der Waals surface area (Å²) in [6.07, 6.45) is 0. The van der Waals surface area contributed by atoms with Gasteiger partial charge in [0.1, 0.15) is 18.7 Å². The lowest BCUT2D eigenvalue weighted by Crippen LogP contribution is -2.31. The van der Waals surface area contributed by atoms with Crippen LogP contribution < -0.4 is 0 Å². The first kappa shape index (κ1) is 14.1. The van der Waals surface area contributed by atoms with Crippen molar-refractivity contribution in [1.82, 2.24) is 4.90 Å². The minimum Gasteiger partial charge on any atom is -0.451 e. The van der Waals surface area contributed by atoms with Crippen LogP contribution in [0.4, 0.5) is 0 Å². The normalized spacial score (nSPS) is 10.0. The van der Waals surface area contributed by atoms with Crippen LogP contribution in [-0.2, 0) is 0 Å². The molecule has 0 saturated carbocycles. The van der Waals surface area contributed by atoms with Gasteiger partial charge in [0, 0.05) is 15.4 Å². The molecule has 0 radical (unpaired) electrons. The smallest absolute Gasteiger partial charge is 0.291 e. The highest BCUT2D eigenvalue weighted by molar-refractivity contribution is 9.10. The van der Waals surface area contributed by atoms with Crippen molar-refractivity contribution in [2.75, 3.05) is 13.1 Å². The van der Waals surface area contributed by atoms with Gasteiger partial charge in [-0.15, -0.1) is 0 Å². The Morgan fingerprint density at radius 1 is 1.35 bits per heavy atom. The Morgan fingerprint density at radius 2 is 2.00 bits per heavy atom. The van der Waals surface area contributed by atoms with Gasteiger partial charge in [0.15, 0.2) is 5.76 Å². The van der Waals surface area contributed by atoms with Gasteiger partial charge >= 0.3 is 0 Å². The molecule has 2 aromatic rings. The van der Waals surface area contributed by atoms with Crippen molar-refractivity contribution >= 4 is 32.8 Å². The van der Waals surface area contributed by atoms with Crippen LogP contribution in [0.1, 0.15) is 16.1 Å². The fourth-order valence-electron chi connectivity index (χ4n) is 1.91. The maximum absolute atomic E-state index is 12.3. The fourth-order valence-corrected chi connectivity index (χ4v) is 2.27. The molecular weight excluding hydrogens is 322 g/mol. The number of fused-ring (bicyclic) bond motifs is 1. The van der Waals surface area contributed by atoms with Crippen LogP contribution in [0.5, 0.6) is 0 Å². The second kappa shape index (κ2) is 5.77. The zero-order valence-electron chi connectivity index (χ0n) is 10.7. The van der Waals surface area contributed by atoms with Gasteiger partial charge in [-0.25, -0.2) is 0 Å². The second-order valence-corrected chi connectivity index (χ2v) is 5.09. The van der Waals surface area contributed by atoms with Gasteiger partial charge in [-0.2, -0.15) is 10.5 Å². The van der Waals surface area contributed by atoms with Crippen LogP contribution in [0, 0.1) is 29.6 Å². The fraction of sp³-hybridized carbons (Fsp3) is 0.214. The highest BCUT2D eigenvalue weighted by Gasteiger charge is 2.23. The number of carbonyl (C=O) groups is 1. The summed E-state index contributed by atoms with van der Waals surface area (Å²) in [6.45, 7) is 1.49. The third-order valence-electron chi connectivity index (χ3n) is 2.90. The molecule has 20 heavy (non-hydrogen) atoms. The van der Waals surface area contributed by atoms with Gasteiger partial charge in [-0.1, -0.05) is 15.9 Å². The zero-order valence-corrected chi connectivity index (χ0v) is 12.3. The van der Waals surface area contributed by atoms with Gasteiger partial charge in [-0.05, 0) is 25.1 Å². The number of amides is 1. The molecule has 0 saturated heterocycles. The lowest BCUT2D eigenvalue weighted by molar-refractivity contribution is 0.0764. The number of hydrogen-bond acceptors (Lipinski definition) is 4. The Kier molecular flexibility index (Phi) is 4.07. The Labute approximate surface area is 124 Å². The van der Waals surface area contributed by atoms with Gasteiger partial charge < -0.3 is 9.32 Å². The molecule has 0 aliphatic rings. The van der Waals surface area contributed by atoms with Crippen LogP contribution in [0.15, 0.2) is 27.1 Å². The summed E-state index contributed by atoms with van der Waals surface area (Å²) in [4.78, 5) is 13.5. The molecule has 0 N–H and O–H groups in total. The predicted octanol–water partition coefficient (Wildman–Crippen LogP) is 2.99. The third-order valence-corrected chi connectivity index (χ3v) is 3.40. The largest absolute Gasteiger partial charge is 0.451 e. The van der Waals surface area contributed by atoms with Gasteiger partial charge in [-0.3, -0.25) is 4.79 Å². The molecule has 0 atom stereocenters. The molecule has 0 spiro atoms. The summed E-state index contributed by atoms with van der Waals surface area (Å²) in [5.41, 5.74) is 1.30. The molecule has 2 rings (SSSR count). The van der Waals surface area contributed by atoms with E-state index in [4.69, 9.17) is 14.9 Å². The van der Waals surface area contributed by atoms with E-state index in [1.807, 2.05) is 24.3 Å². The van der Waals surface area contributed by atoms with Gasteiger partial charge in [0.05, 0.1) is 12.1 Å². The van der Waals surface area contributed by atoms with Crippen molar-refractivity contribution < 1.29 is 9.21 Å². The number of nitrogens with zero attached hydrogens (tertiary/aromatic N) is 3. The van der Waals surface area contributed by atoms with E-state index in [9.17, 15) is 4.79 Å². The third kappa shape index (κ3) is 2.52. The van der Waals surface area contributed by atoms with E-state index >= 15 is 0 Å². The highest BCUT2D eigenvalue weighted by atomic mass is 79.9. The zero-order chi connectivity index (χ0) is 14.7. The Hall–Kier alpha value is -2.31. The van der Waals surface area contributed by atoms with Crippen LogP contribution >= 0.6 is 15.9 Å². The molecule has 100 valence electrons. The lowest BCUT2D eigenvalue weighted by Gasteiger charge is -2.14. The monoisotopic (exact) mass is 331 g/mol. The Morgan fingerprint density at radius 3 is 2.60 bits per heavy atom.